The summed E-state index contributed by atoms with van der Waals surface area (Å²) in [6.45, 7) is 7.64. The van der Waals surface area contributed by atoms with Crippen LogP contribution < -0.4 is 27.0 Å². The van der Waals surface area contributed by atoms with E-state index in [9.17, 15) is 29.4 Å². The average molecular weight is 808 g/mol. The minimum Gasteiger partial charge on any atom is -0.465 e. The number of benzene rings is 3. The van der Waals surface area contributed by atoms with Gasteiger partial charge in [0.25, 0.3) is 11.8 Å². The van der Waals surface area contributed by atoms with Crippen molar-refractivity contribution in [3.8, 4) is 0 Å². The van der Waals surface area contributed by atoms with Crippen LogP contribution in [0.15, 0.2) is 78.9 Å². The number of hydrogen-bond acceptors (Lipinski definition) is 9. The number of amides is 6. The second kappa shape index (κ2) is 15.1. The molecule has 0 aromatic heterocycles. The summed E-state index contributed by atoms with van der Waals surface area (Å²) in [4.78, 5) is 88.1. The first-order valence-electron chi connectivity index (χ1n) is 20.2. The Kier molecular flexibility index (Phi) is 10.6. The van der Waals surface area contributed by atoms with Gasteiger partial charge in [-0.1, -0.05) is 94.4 Å². The molecular weight excluding hydrogens is 755 g/mol. The van der Waals surface area contributed by atoms with E-state index in [1.54, 1.807) is 13.8 Å². The maximum absolute atomic E-state index is 15.1. The second-order valence-corrected chi connectivity index (χ2v) is 17.1. The number of nitrogens with zero attached hydrogens (tertiary/aromatic N) is 3. The highest BCUT2D eigenvalue weighted by atomic mass is 16.4. The van der Waals surface area contributed by atoms with Gasteiger partial charge in [-0.3, -0.25) is 39.6 Å². The van der Waals surface area contributed by atoms with Crippen molar-refractivity contribution in [1.82, 2.24) is 20.4 Å². The molecule has 3 aromatic carbocycles. The van der Waals surface area contributed by atoms with Crippen molar-refractivity contribution in [2.75, 3.05) is 18.0 Å². The fourth-order valence-corrected chi connectivity index (χ4v) is 11.5. The van der Waals surface area contributed by atoms with Gasteiger partial charge in [0.1, 0.15) is 11.1 Å². The largest absolute Gasteiger partial charge is 0.465 e. The number of nitrogens with two attached hydrogens (primary N) is 2. The summed E-state index contributed by atoms with van der Waals surface area (Å²) in [6.07, 6.45) is -1.86. The first-order valence-corrected chi connectivity index (χ1v) is 20.2. The minimum absolute atomic E-state index is 0.225. The Bertz CT molecular complexity index is 2040. The Labute approximate surface area is 343 Å². The number of likely N-dealkylation sites (tertiary alicyclic amines) is 2. The van der Waals surface area contributed by atoms with E-state index in [4.69, 9.17) is 11.5 Å². The van der Waals surface area contributed by atoms with Crippen LogP contribution in [0.2, 0.25) is 0 Å². The quantitative estimate of drug-likeness (QED) is 0.162. The predicted molar refractivity (Wildman–Crippen MR) is 217 cm³/mol. The van der Waals surface area contributed by atoms with Crippen LogP contribution in [0.5, 0.6) is 0 Å². The van der Waals surface area contributed by atoms with E-state index in [0.717, 1.165) is 16.8 Å². The zero-order chi connectivity index (χ0) is 42.7. The van der Waals surface area contributed by atoms with Crippen LogP contribution in [-0.4, -0.2) is 81.2 Å². The number of fused-ring (bicyclic) bond motifs is 8. The van der Waals surface area contributed by atoms with E-state index in [1.165, 1.54) is 0 Å². The Morgan fingerprint density at radius 2 is 1.02 bits per heavy atom. The highest BCUT2D eigenvalue weighted by Crippen LogP contribution is 2.59. The summed E-state index contributed by atoms with van der Waals surface area (Å²) in [5.41, 5.74) is 9.53. The zero-order valence-corrected chi connectivity index (χ0v) is 33.8. The lowest BCUT2D eigenvalue weighted by molar-refractivity contribution is -0.157. The van der Waals surface area contributed by atoms with Crippen LogP contribution >= 0.6 is 0 Å². The molecule has 2 saturated heterocycles. The minimum atomic E-state index is -1.77. The van der Waals surface area contributed by atoms with Gasteiger partial charge in [0.15, 0.2) is 0 Å². The van der Waals surface area contributed by atoms with Gasteiger partial charge in [0.05, 0.1) is 12.3 Å². The van der Waals surface area contributed by atoms with Gasteiger partial charge < -0.3 is 26.6 Å². The Morgan fingerprint density at radius 1 is 0.644 bits per heavy atom. The van der Waals surface area contributed by atoms with Gasteiger partial charge in [-0.2, -0.15) is 0 Å². The van der Waals surface area contributed by atoms with Crippen molar-refractivity contribution in [2.24, 2.45) is 34.1 Å². The maximum Gasteiger partial charge on any atom is 0.411 e. The lowest BCUT2D eigenvalue weighted by Gasteiger charge is -2.59. The first-order chi connectivity index (χ1) is 27.9. The van der Waals surface area contributed by atoms with Crippen LogP contribution in [0.1, 0.15) is 75.6 Å². The van der Waals surface area contributed by atoms with Crippen LogP contribution in [0.25, 0.3) is 0 Å². The fraction of sp³-hybridized carbons (Fsp3) is 0.455. The van der Waals surface area contributed by atoms with Crippen molar-refractivity contribution < 1.29 is 39.0 Å². The summed E-state index contributed by atoms with van der Waals surface area (Å²) in [5, 5.41) is 24.7. The van der Waals surface area contributed by atoms with E-state index in [-0.39, 0.29) is 12.8 Å². The third-order valence-corrected chi connectivity index (χ3v) is 14.4. The zero-order valence-electron chi connectivity index (χ0n) is 33.8. The molecular formula is C44H53N7O8. The molecule has 0 spiro atoms. The van der Waals surface area contributed by atoms with Gasteiger partial charge >= 0.3 is 12.2 Å². The SMILES string of the molecule is CC(C(N)=O)[C@@]1(C)Cc2ccc(cc2)[C@@]1(C(=O)NC(=O)O)N1CCCC1N(c1ccccc1)C1CCCN1[C@]1(C(=O)NC(=O)O)c2ccc(cc2)C[C@]1(C)C(C)C(N)=O. The van der Waals surface area contributed by atoms with Gasteiger partial charge in [-0.05, 0) is 72.9 Å². The molecule has 6 aliphatic rings. The van der Waals surface area contributed by atoms with Gasteiger partial charge in [-0.25, -0.2) is 9.59 Å². The van der Waals surface area contributed by atoms with E-state index in [1.807, 2.05) is 103 Å². The molecule has 6 amide bonds. The number of para-hydroxylation sites is 1. The molecule has 2 aliphatic heterocycles. The van der Waals surface area contributed by atoms with Crippen LogP contribution in [0, 0.1) is 22.7 Å². The third-order valence-electron chi connectivity index (χ3n) is 14.4. The highest BCUT2D eigenvalue weighted by molar-refractivity contribution is 6.00. The molecule has 4 unspecified atom stereocenters. The van der Waals surface area contributed by atoms with Crippen molar-refractivity contribution in [3.05, 3.63) is 101 Å². The number of nitrogens with one attached hydrogen (secondary N) is 2. The molecule has 15 nitrogen and oxygen atoms in total. The van der Waals surface area contributed by atoms with E-state index in [2.05, 4.69) is 15.5 Å². The number of anilines is 1. The standard InChI is InChI=1S/C44H53N7O8/c1-26(35(45)52)41(3)24-28-14-18-30(19-15-28)43(41,37(54)47-39(56)57)49-22-8-12-33(49)51(32-10-6-5-7-11-32)34-13-9-23-50(34)44(38(55)48-40(58)59)31-20-16-29(17-21-31)25-42(44,4)27(2)36(46)53/h5-7,10-11,14-21,26-27,33-34H,8-9,12-13,22-25H2,1-4H3,(H2,45,52)(H2,46,53)(H,47,54)(H,48,55)(H,56,57)(H,58,59)/t26?,27?,33?,34?,41-,42-,43+,44+/m1/s1. The van der Waals surface area contributed by atoms with Crippen molar-refractivity contribution in [3.63, 3.8) is 0 Å². The molecule has 4 bridgehead atoms. The number of imide groups is 2. The summed E-state index contributed by atoms with van der Waals surface area (Å²) in [5.74, 6) is -4.77. The normalized spacial score (nSPS) is 29.8. The first kappa shape index (κ1) is 41.4. The molecule has 8 N–H and O–H groups in total. The number of rotatable bonds is 11. The molecule has 2 fully saturated rings. The average Bonchev–Trinajstić information content (AvgIpc) is 3.76. The Morgan fingerprint density at radius 3 is 1.36 bits per heavy atom. The van der Waals surface area contributed by atoms with E-state index in [0.29, 0.717) is 49.9 Å². The number of carboxylic acid groups (broad SMARTS) is 2. The maximum atomic E-state index is 15.1. The lowest BCUT2D eigenvalue weighted by Crippen LogP contribution is -2.73. The van der Waals surface area contributed by atoms with Crippen LogP contribution in [0.4, 0.5) is 15.3 Å². The third kappa shape index (κ3) is 6.15. The summed E-state index contributed by atoms with van der Waals surface area (Å²) >= 11 is 0. The van der Waals surface area contributed by atoms with Crippen molar-refractivity contribution >= 4 is 41.5 Å². The van der Waals surface area contributed by atoms with Gasteiger partial charge in [-0.15, -0.1) is 0 Å². The molecule has 9 rings (SSSR count). The molecule has 3 aromatic rings. The van der Waals surface area contributed by atoms with Gasteiger partial charge in [0, 0.05) is 41.4 Å². The van der Waals surface area contributed by atoms with Crippen molar-refractivity contribution in [1.29, 1.82) is 0 Å². The Balaban J connectivity index is 1.50. The second-order valence-electron chi connectivity index (χ2n) is 17.1. The van der Waals surface area contributed by atoms with Gasteiger partial charge in [0.2, 0.25) is 11.8 Å². The van der Waals surface area contributed by atoms with Crippen LogP contribution in [-0.2, 0) is 43.1 Å². The van der Waals surface area contributed by atoms with Crippen LogP contribution in [0.3, 0.4) is 0 Å². The Hall–Kier alpha value is -5.80. The molecule has 2 heterocycles. The molecule has 312 valence electrons. The summed E-state index contributed by atoms with van der Waals surface area (Å²) in [6, 6.07) is 24.3. The molecule has 4 aliphatic carbocycles. The topological polar surface area (TPSA) is 229 Å². The fourth-order valence-electron chi connectivity index (χ4n) is 11.5. The number of primary amides is 2. The highest BCUT2D eigenvalue weighted by Gasteiger charge is 2.68. The molecule has 8 atom stereocenters. The monoisotopic (exact) mass is 807 g/mol. The summed E-state index contributed by atoms with van der Waals surface area (Å²) < 4.78 is 0. The molecule has 59 heavy (non-hydrogen) atoms. The number of carbonyl (C=O) groups excluding carboxylic acids is 4. The number of carbonyl (C=O) groups is 6. The van der Waals surface area contributed by atoms with Crippen molar-refractivity contribution in [2.45, 2.75) is 89.6 Å². The molecule has 0 saturated carbocycles. The summed E-state index contributed by atoms with van der Waals surface area (Å²) in [7, 11) is 0. The molecule has 15 heteroatoms. The van der Waals surface area contributed by atoms with E-state index < -0.39 is 81.9 Å². The molecule has 0 radical (unpaired) electrons. The van der Waals surface area contributed by atoms with E-state index >= 15 is 9.59 Å². The predicted octanol–water partition coefficient (Wildman–Crippen LogP) is 4.08. The lowest BCUT2D eigenvalue weighted by atomic mass is 9.58. The number of hydrogen-bond donors (Lipinski definition) is 6. The smallest absolute Gasteiger partial charge is 0.411 e.